The number of nitrogens with one attached hydrogen (secondary N) is 2. The second kappa shape index (κ2) is 13.3. The van der Waals surface area contributed by atoms with Crippen LogP contribution in [-0.2, 0) is 4.74 Å². The minimum absolute atomic E-state index is 0.0445. The van der Waals surface area contributed by atoms with Crippen LogP contribution in [-0.4, -0.2) is 103 Å². The molecule has 0 radical (unpaired) electrons. The number of piperidine rings is 1. The number of benzene rings is 1. The Labute approximate surface area is 250 Å². The molecule has 2 N–H and O–H groups in total. The number of aromatic nitrogens is 2. The summed E-state index contributed by atoms with van der Waals surface area (Å²) in [6.07, 6.45) is 0.900. The maximum Gasteiger partial charge on any atom is 0.447 e. The zero-order valence-electron chi connectivity index (χ0n) is 23.7. The van der Waals surface area contributed by atoms with E-state index in [0.29, 0.717) is 62.0 Å². The Bertz CT molecular complexity index is 1520. The van der Waals surface area contributed by atoms with Crippen LogP contribution >= 0.6 is 11.8 Å². The largest absolute Gasteiger partial charge is 0.495 e. The van der Waals surface area contributed by atoms with Gasteiger partial charge in [0.15, 0.2) is 5.65 Å². The number of methoxy groups -OCH3 is 1. The van der Waals surface area contributed by atoms with Crippen LogP contribution in [0.25, 0.3) is 5.65 Å². The Morgan fingerprint density at radius 3 is 2.72 bits per heavy atom. The third kappa shape index (κ3) is 7.46. The maximum absolute atomic E-state index is 14.7. The van der Waals surface area contributed by atoms with Crippen molar-refractivity contribution in [1.82, 2.24) is 19.2 Å². The highest BCUT2D eigenvalue weighted by Gasteiger charge is 2.34. The standard InChI is InChI=1S/C29H32F4N6O3S/c1-37-12-9-21(20(30)18-37)35-23-6-4-11-39-26(23)36-24(28(39)43-29(31,32)33)5-3-10-34-22-8-7-19(17-25(22)41-2)27(40)38-13-15-42-16-14-38/h4,6-8,11,17,20-21,34-35H,9-10,12-16,18H2,1-2H3/t20-,21+/m0/s1. The third-order valence-corrected chi connectivity index (χ3v) is 8.04. The molecular weight excluding hydrogens is 588 g/mol. The number of likely N-dealkylation sites (tertiary alicyclic amines) is 1. The highest BCUT2D eigenvalue weighted by molar-refractivity contribution is 8.00. The van der Waals surface area contributed by atoms with Gasteiger partial charge in [0.2, 0.25) is 0 Å². The second-order valence-corrected chi connectivity index (χ2v) is 11.3. The first-order chi connectivity index (χ1) is 20.6. The van der Waals surface area contributed by atoms with E-state index in [9.17, 15) is 22.4 Å². The first kappa shape index (κ1) is 30.8. The van der Waals surface area contributed by atoms with Gasteiger partial charge in [-0.25, -0.2) is 9.37 Å². The van der Waals surface area contributed by atoms with Crippen molar-refractivity contribution in [2.75, 3.05) is 70.7 Å². The van der Waals surface area contributed by atoms with E-state index in [4.69, 9.17) is 9.47 Å². The summed E-state index contributed by atoms with van der Waals surface area (Å²) in [6, 6.07) is 7.79. The van der Waals surface area contributed by atoms with Crippen LogP contribution in [0, 0.1) is 11.8 Å². The van der Waals surface area contributed by atoms with Crippen molar-refractivity contribution in [1.29, 1.82) is 0 Å². The number of hydrogen-bond donors (Lipinski definition) is 2. The molecule has 2 saturated heterocycles. The van der Waals surface area contributed by atoms with Crippen molar-refractivity contribution in [3.8, 4) is 17.6 Å². The molecule has 1 aromatic carbocycles. The molecule has 0 unspecified atom stereocenters. The second-order valence-electron chi connectivity index (χ2n) is 10.2. The zero-order chi connectivity index (χ0) is 30.6. The SMILES string of the molecule is COc1cc(C(=O)N2CCOCC2)ccc1NCC#Cc1nc2c(N[C@@H]3CCN(C)C[C@@H]3F)cccn2c1SC(F)(F)F. The highest BCUT2D eigenvalue weighted by Crippen LogP contribution is 2.39. The molecule has 5 rings (SSSR count). The quantitative estimate of drug-likeness (QED) is 0.229. The average Bonchev–Trinajstić information content (AvgIpc) is 3.33. The summed E-state index contributed by atoms with van der Waals surface area (Å²) in [6.45, 7) is 3.05. The van der Waals surface area contributed by atoms with Crippen molar-refractivity contribution < 1.29 is 31.8 Å². The van der Waals surface area contributed by atoms with E-state index in [1.165, 1.54) is 17.7 Å². The van der Waals surface area contributed by atoms with Crippen LogP contribution in [0.4, 0.5) is 28.9 Å². The molecule has 230 valence electrons. The van der Waals surface area contributed by atoms with Crippen molar-refractivity contribution in [3.63, 3.8) is 0 Å². The molecule has 9 nitrogen and oxygen atoms in total. The van der Waals surface area contributed by atoms with Gasteiger partial charge in [-0.2, -0.15) is 13.2 Å². The van der Waals surface area contributed by atoms with Gasteiger partial charge in [-0.1, -0.05) is 5.92 Å². The minimum atomic E-state index is -4.57. The van der Waals surface area contributed by atoms with E-state index in [-0.39, 0.29) is 47.1 Å². The highest BCUT2D eigenvalue weighted by atomic mass is 32.2. The molecule has 2 atom stereocenters. The summed E-state index contributed by atoms with van der Waals surface area (Å²) in [5, 5.41) is 6.06. The summed E-state index contributed by atoms with van der Waals surface area (Å²) in [4.78, 5) is 20.9. The van der Waals surface area contributed by atoms with Gasteiger partial charge in [-0.05, 0) is 49.7 Å². The number of amides is 1. The van der Waals surface area contributed by atoms with Crippen LogP contribution < -0.4 is 15.4 Å². The number of fused-ring (bicyclic) bond motifs is 1. The Balaban J connectivity index is 1.35. The molecular formula is C29H32F4N6O3S. The molecule has 14 heteroatoms. The lowest BCUT2D eigenvalue weighted by Crippen LogP contribution is -2.46. The van der Waals surface area contributed by atoms with E-state index < -0.39 is 17.7 Å². The number of anilines is 2. The number of rotatable bonds is 7. The average molecular weight is 621 g/mol. The van der Waals surface area contributed by atoms with Gasteiger partial charge in [0, 0.05) is 49.7 Å². The number of hydrogen-bond acceptors (Lipinski definition) is 8. The number of halogens is 4. The monoisotopic (exact) mass is 620 g/mol. The lowest BCUT2D eigenvalue weighted by molar-refractivity contribution is -0.0330. The van der Waals surface area contributed by atoms with Gasteiger partial charge in [-0.3, -0.25) is 9.20 Å². The van der Waals surface area contributed by atoms with Crippen LogP contribution in [0.1, 0.15) is 22.5 Å². The first-order valence-corrected chi connectivity index (χ1v) is 14.6. The van der Waals surface area contributed by atoms with Crippen LogP contribution in [0.3, 0.4) is 0 Å². The van der Waals surface area contributed by atoms with Crippen molar-refractivity contribution in [3.05, 3.63) is 47.8 Å². The molecule has 43 heavy (non-hydrogen) atoms. The first-order valence-electron chi connectivity index (χ1n) is 13.8. The molecule has 2 fully saturated rings. The lowest BCUT2D eigenvalue weighted by atomic mass is 10.0. The summed E-state index contributed by atoms with van der Waals surface area (Å²) < 4.78 is 67.4. The minimum Gasteiger partial charge on any atom is -0.495 e. The van der Waals surface area contributed by atoms with Gasteiger partial charge in [-0.15, -0.1) is 0 Å². The maximum atomic E-state index is 14.7. The van der Waals surface area contributed by atoms with Crippen molar-refractivity contribution in [2.45, 2.75) is 29.2 Å². The summed E-state index contributed by atoms with van der Waals surface area (Å²) >= 11 is -0.299. The number of pyridine rings is 1. The topological polar surface area (TPSA) is 83.4 Å². The smallest absolute Gasteiger partial charge is 0.447 e. The Morgan fingerprint density at radius 2 is 2.00 bits per heavy atom. The summed E-state index contributed by atoms with van der Waals surface area (Å²) in [7, 11) is 3.33. The summed E-state index contributed by atoms with van der Waals surface area (Å²) in [5.41, 5.74) is -2.90. The molecule has 4 heterocycles. The van der Waals surface area contributed by atoms with E-state index >= 15 is 0 Å². The molecule has 0 spiro atoms. The lowest BCUT2D eigenvalue weighted by Gasteiger charge is -2.33. The number of ether oxygens (including phenoxy) is 2. The molecule has 0 bridgehead atoms. The van der Waals surface area contributed by atoms with Gasteiger partial charge >= 0.3 is 5.51 Å². The molecule has 2 aliphatic rings. The van der Waals surface area contributed by atoms with E-state index in [2.05, 4.69) is 27.5 Å². The Kier molecular flexibility index (Phi) is 9.53. The fourth-order valence-corrected chi connectivity index (χ4v) is 5.71. The normalized spacial score (nSPS) is 19.5. The van der Waals surface area contributed by atoms with Gasteiger partial charge in [0.05, 0.1) is 44.3 Å². The molecule has 2 aromatic heterocycles. The third-order valence-electron chi connectivity index (χ3n) is 7.22. The van der Waals surface area contributed by atoms with E-state index in [0.717, 1.165) is 0 Å². The van der Waals surface area contributed by atoms with Gasteiger partial charge in [0.1, 0.15) is 22.6 Å². The summed E-state index contributed by atoms with van der Waals surface area (Å²) in [5.74, 6) is 5.91. The van der Waals surface area contributed by atoms with Gasteiger partial charge < -0.3 is 29.9 Å². The van der Waals surface area contributed by atoms with Crippen LogP contribution in [0.2, 0.25) is 0 Å². The molecule has 1 amide bonds. The molecule has 0 saturated carbocycles. The number of morpholine rings is 1. The number of thioether (sulfide) groups is 1. The molecule has 0 aliphatic carbocycles. The fraction of sp³-hybridized carbons (Fsp3) is 0.448. The van der Waals surface area contributed by atoms with E-state index in [1.807, 2.05) is 11.9 Å². The predicted molar refractivity (Wildman–Crippen MR) is 157 cm³/mol. The Hall–Kier alpha value is -3.67. The van der Waals surface area contributed by atoms with Crippen LogP contribution in [0.15, 0.2) is 41.6 Å². The predicted octanol–water partition coefficient (Wildman–Crippen LogP) is 4.34. The Morgan fingerprint density at radius 1 is 1.21 bits per heavy atom. The molecule has 2 aliphatic heterocycles. The molecule has 3 aromatic rings. The zero-order valence-corrected chi connectivity index (χ0v) is 24.5. The number of alkyl halides is 4. The number of carbonyl (C=O) groups is 1. The number of carbonyl (C=O) groups excluding carboxylic acids is 1. The van der Waals surface area contributed by atoms with Crippen LogP contribution in [0.5, 0.6) is 5.75 Å². The fourth-order valence-electron chi connectivity index (χ4n) is 5.05. The van der Waals surface area contributed by atoms with E-state index in [1.54, 1.807) is 35.2 Å². The number of nitrogens with zero attached hydrogens (tertiary/aromatic N) is 4. The number of imidazole rings is 1. The van der Waals surface area contributed by atoms with Crippen molar-refractivity contribution in [2.24, 2.45) is 0 Å². The van der Waals surface area contributed by atoms with Gasteiger partial charge in [0.25, 0.3) is 5.91 Å². The van der Waals surface area contributed by atoms with Crippen molar-refractivity contribution >= 4 is 34.7 Å².